The number of aliphatic hydroxyl groups is 1. The van der Waals surface area contributed by atoms with Crippen LogP contribution in [0.4, 0.5) is 0 Å². The number of rotatable bonds is 6. The number of aryl methyl sites for hydroxylation is 2. The van der Waals surface area contributed by atoms with Crippen LogP contribution in [0.2, 0.25) is 0 Å². The minimum absolute atomic E-state index is 0.0659. The Morgan fingerprint density at radius 3 is 2.64 bits per heavy atom. The Morgan fingerprint density at radius 2 is 1.89 bits per heavy atom. The van der Waals surface area contributed by atoms with Crippen LogP contribution in [-0.4, -0.2) is 69.3 Å². The normalized spacial score (nSPS) is 27.7. The molecule has 2 aliphatic heterocycles. The number of carbonyl (C=O) groups excluding carboxylic acids is 1. The number of phenolic OH excluding ortho intramolecular Hbond substituents is 1. The molecule has 1 spiro atoms. The van der Waals surface area contributed by atoms with Gasteiger partial charge in [0.2, 0.25) is 0 Å². The van der Waals surface area contributed by atoms with Crippen molar-refractivity contribution in [2.75, 3.05) is 19.6 Å². The van der Waals surface area contributed by atoms with Gasteiger partial charge >= 0.3 is 0 Å². The lowest BCUT2D eigenvalue weighted by Crippen LogP contribution is -2.78. The van der Waals surface area contributed by atoms with Crippen molar-refractivity contribution in [1.82, 2.24) is 9.80 Å². The minimum Gasteiger partial charge on any atom is -0.504 e. The van der Waals surface area contributed by atoms with Crippen molar-refractivity contribution in [3.05, 3.63) is 94.0 Å². The Kier molecular flexibility index (Phi) is 7.46. The lowest BCUT2D eigenvalue weighted by molar-refractivity contribution is -0.200. The van der Waals surface area contributed by atoms with Gasteiger partial charge in [-0.2, -0.15) is 0 Å². The van der Waals surface area contributed by atoms with E-state index in [4.69, 9.17) is 4.74 Å². The highest BCUT2D eigenvalue weighted by Gasteiger charge is 2.73. The van der Waals surface area contributed by atoms with E-state index in [2.05, 4.69) is 68.7 Å². The Labute approximate surface area is 267 Å². The SMILES string of the molecule is Cc1ccc(C#CC(=O)N(CC(C)C)[C@@H]2CC[C@@]3(O)[C@H]4Cc5ccc(O)c6c5[C@@]3(CCN4CCc3ccccc3)[C@H]2O6)cc1C. The van der Waals surface area contributed by atoms with Gasteiger partial charge in [-0.1, -0.05) is 62.2 Å². The molecular formula is C39H44N2O4. The van der Waals surface area contributed by atoms with Crippen LogP contribution in [0, 0.1) is 31.6 Å². The highest BCUT2D eigenvalue weighted by molar-refractivity contribution is 5.94. The van der Waals surface area contributed by atoms with Gasteiger partial charge < -0.3 is 19.8 Å². The van der Waals surface area contributed by atoms with Crippen LogP contribution in [0.15, 0.2) is 60.7 Å². The van der Waals surface area contributed by atoms with E-state index in [1.54, 1.807) is 6.07 Å². The summed E-state index contributed by atoms with van der Waals surface area (Å²) >= 11 is 0. The second-order valence-electron chi connectivity index (χ2n) is 14.1. The third kappa shape index (κ3) is 4.75. The van der Waals surface area contributed by atoms with E-state index in [0.717, 1.165) is 41.8 Å². The van der Waals surface area contributed by atoms with Crippen LogP contribution in [0.25, 0.3) is 0 Å². The zero-order valence-corrected chi connectivity index (χ0v) is 26.8. The maximum atomic E-state index is 14.0. The average Bonchev–Trinajstić information content (AvgIpc) is 3.38. The molecule has 0 aromatic heterocycles. The van der Waals surface area contributed by atoms with Gasteiger partial charge in [-0.05, 0) is 98.9 Å². The Hall–Kier alpha value is -3.79. The largest absolute Gasteiger partial charge is 0.504 e. The van der Waals surface area contributed by atoms with Gasteiger partial charge in [0.1, 0.15) is 6.10 Å². The van der Waals surface area contributed by atoms with Gasteiger partial charge in [0, 0.05) is 36.2 Å². The molecule has 3 aromatic rings. The molecule has 0 radical (unpaired) electrons. The molecule has 1 saturated carbocycles. The van der Waals surface area contributed by atoms with Crippen LogP contribution in [-0.2, 0) is 23.1 Å². The first kappa shape index (κ1) is 29.9. The van der Waals surface area contributed by atoms with Crippen molar-refractivity contribution in [3.63, 3.8) is 0 Å². The quantitative estimate of drug-likeness (QED) is 0.373. The highest BCUT2D eigenvalue weighted by atomic mass is 16.5. The molecule has 2 heterocycles. The van der Waals surface area contributed by atoms with Crippen molar-refractivity contribution in [3.8, 4) is 23.3 Å². The summed E-state index contributed by atoms with van der Waals surface area (Å²) in [6.45, 7) is 10.6. The molecule has 234 valence electrons. The lowest BCUT2D eigenvalue weighted by atomic mass is 9.48. The zero-order chi connectivity index (χ0) is 31.5. The Balaban J connectivity index is 1.25. The second-order valence-corrected chi connectivity index (χ2v) is 14.1. The number of ether oxygens (including phenoxy) is 1. The summed E-state index contributed by atoms with van der Waals surface area (Å²) in [6.07, 6.45) is 3.05. The molecule has 7 rings (SSSR count). The van der Waals surface area contributed by atoms with Crippen LogP contribution < -0.4 is 4.74 Å². The van der Waals surface area contributed by atoms with Gasteiger partial charge in [0.05, 0.1) is 17.1 Å². The number of nitrogens with zero attached hydrogens (tertiary/aromatic N) is 2. The third-order valence-electron chi connectivity index (χ3n) is 11.1. The fraction of sp³-hybridized carbons (Fsp3) is 0.462. The van der Waals surface area contributed by atoms with E-state index in [1.165, 1.54) is 11.1 Å². The molecule has 2 fully saturated rings. The standard InChI is InChI=1S/C39H44N2O4/c1-25(2)24-41(34(43)15-12-29-11-10-26(3)27(4)22-29)31-16-18-39(44)33-23-30-13-14-32(42)36-35(30)38(39,37(31)45-36)19-21-40(33)20-17-28-8-6-5-7-9-28/h5-11,13-14,22,25,31,33,37,42,44H,16-21,23-24H2,1-4H3/t31-,33-,37+,38+,39-/m1/s1. The van der Waals surface area contributed by atoms with Crippen molar-refractivity contribution >= 4 is 5.91 Å². The molecule has 6 nitrogen and oxygen atoms in total. The summed E-state index contributed by atoms with van der Waals surface area (Å²) in [5.41, 5.74) is 4.83. The number of phenols is 1. The summed E-state index contributed by atoms with van der Waals surface area (Å²) in [4.78, 5) is 18.4. The smallest absolute Gasteiger partial charge is 0.299 e. The first-order chi connectivity index (χ1) is 21.6. The van der Waals surface area contributed by atoms with Gasteiger partial charge in [0.25, 0.3) is 5.91 Å². The molecule has 45 heavy (non-hydrogen) atoms. The molecule has 2 aliphatic carbocycles. The van der Waals surface area contributed by atoms with Gasteiger partial charge in [-0.3, -0.25) is 9.69 Å². The number of piperidine rings is 1. The van der Waals surface area contributed by atoms with Crippen molar-refractivity contribution in [2.24, 2.45) is 5.92 Å². The van der Waals surface area contributed by atoms with E-state index in [1.807, 2.05) is 35.2 Å². The first-order valence-corrected chi connectivity index (χ1v) is 16.5. The van der Waals surface area contributed by atoms with Crippen LogP contribution in [0.3, 0.4) is 0 Å². The topological polar surface area (TPSA) is 73.2 Å². The molecule has 1 amide bonds. The van der Waals surface area contributed by atoms with E-state index >= 15 is 0 Å². The number of benzene rings is 3. The number of carbonyl (C=O) groups is 1. The van der Waals surface area contributed by atoms with E-state index in [0.29, 0.717) is 38.0 Å². The van der Waals surface area contributed by atoms with E-state index in [9.17, 15) is 15.0 Å². The number of amides is 1. The van der Waals surface area contributed by atoms with Crippen LogP contribution >= 0.6 is 0 Å². The van der Waals surface area contributed by atoms with Crippen LogP contribution in [0.5, 0.6) is 11.5 Å². The molecule has 1 saturated heterocycles. The monoisotopic (exact) mass is 604 g/mol. The number of likely N-dealkylation sites (tertiary alicyclic amines) is 1. The number of hydrogen-bond acceptors (Lipinski definition) is 5. The lowest BCUT2D eigenvalue weighted by Gasteiger charge is -2.64. The molecule has 0 unspecified atom stereocenters. The summed E-state index contributed by atoms with van der Waals surface area (Å²) in [5.74, 6) is 6.70. The summed E-state index contributed by atoms with van der Waals surface area (Å²) < 4.78 is 6.79. The molecule has 2 bridgehead atoms. The predicted octanol–water partition coefficient (Wildman–Crippen LogP) is 5.31. The highest BCUT2D eigenvalue weighted by Crippen LogP contribution is 2.65. The van der Waals surface area contributed by atoms with Crippen molar-refractivity contribution in [2.45, 2.75) is 89.0 Å². The molecule has 4 aliphatic rings. The Bertz CT molecular complexity index is 1690. The Morgan fingerprint density at radius 1 is 1.09 bits per heavy atom. The number of hydrogen-bond donors (Lipinski definition) is 2. The number of aromatic hydroxyl groups is 1. The molecule has 2 N–H and O–H groups in total. The van der Waals surface area contributed by atoms with Gasteiger partial charge in [0.15, 0.2) is 11.5 Å². The van der Waals surface area contributed by atoms with Gasteiger partial charge in [-0.15, -0.1) is 0 Å². The minimum atomic E-state index is -1.03. The fourth-order valence-corrected chi connectivity index (χ4v) is 8.89. The first-order valence-electron chi connectivity index (χ1n) is 16.5. The van der Waals surface area contributed by atoms with Crippen molar-refractivity contribution in [1.29, 1.82) is 0 Å². The maximum Gasteiger partial charge on any atom is 0.299 e. The summed E-state index contributed by atoms with van der Waals surface area (Å²) in [5, 5.41) is 24.0. The summed E-state index contributed by atoms with van der Waals surface area (Å²) in [7, 11) is 0. The third-order valence-corrected chi connectivity index (χ3v) is 11.1. The molecular weight excluding hydrogens is 560 g/mol. The second kappa shape index (κ2) is 11.2. The summed E-state index contributed by atoms with van der Waals surface area (Å²) in [6, 6.07) is 20.0. The van der Waals surface area contributed by atoms with Gasteiger partial charge in [-0.25, -0.2) is 0 Å². The fourth-order valence-electron chi connectivity index (χ4n) is 8.89. The molecule has 6 heteroatoms. The van der Waals surface area contributed by atoms with Crippen molar-refractivity contribution < 1.29 is 19.7 Å². The molecule has 5 atom stereocenters. The maximum absolute atomic E-state index is 14.0. The van der Waals surface area contributed by atoms with E-state index < -0.39 is 17.1 Å². The predicted molar refractivity (Wildman–Crippen MR) is 175 cm³/mol. The molecule has 3 aromatic carbocycles. The average molecular weight is 605 g/mol. The zero-order valence-electron chi connectivity index (χ0n) is 26.8. The van der Waals surface area contributed by atoms with E-state index in [-0.39, 0.29) is 29.7 Å². The van der Waals surface area contributed by atoms with Crippen LogP contribution in [0.1, 0.15) is 66.5 Å².